The van der Waals surface area contributed by atoms with Gasteiger partial charge < -0.3 is 10.6 Å². The third kappa shape index (κ3) is 1.31. The van der Waals surface area contributed by atoms with E-state index in [2.05, 4.69) is 30.8 Å². The van der Waals surface area contributed by atoms with Crippen molar-refractivity contribution in [3.8, 4) is 0 Å². The number of aromatic amines is 1. The molecule has 2 aromatic heterocycles. The van der Waals surface area contributed by atoms with Crippen molar-refractivity contribution < 1.29 is 0 Å². The molecule has 0 aliphatic heterocycles. The molecule has 104 valence electrons. The summed E-state index contributed by atoms with van der Waals surface area (Å²) < 4.78 is 0. The summed E-state index contributed by atoms with van der Waals surface area (Å²) >= 11 is 0. The Morgan fingerprint density at radius 1 is 1.20 bits per heavy atom. The summed E-state index contributed by atoms with van der Waals surface area (Å²) in [6.07, 6.45) is 6.16. The quantitative estimate of drug-likeness (QED) is 0.793. The van der Waals surface area contributed by atoms with Crippen LogP contribution in [0.4, 0.5) is 11.8 Å². The summed E-state index contributed by atoms with van der Waals surface area (Å²) in [5, 5.41) is 14.7. The van der Waals surface area contributed by atoms with E-state index < -0.39 is 0 Å². The van der Waals surface area contributed by atoms with E-state index in [9.17, 15) is 0 Å². The number of H-pyrrole nitrogens is 1. The molecule has 5 rings (SSSR count). The van der Waals surface area contributed by atoms with Gasteiger partial charge in [0.25, 0.3) is 0 Å². The highest BCUT2D eigenvalue weighted by Crippen LogP contribution is 2.66. The van der Waals surface area contributed by atoms with Crippen molar-refractivity contribution in [2.45, 2.75) is 25.3 Å². The molecule has 0 aromatic carbocycles. The Labute approximate surface area is 116 Å². The molecule has 4 atom stereocenters. The minimum absolute atomic E-state index is 0.624. The zero-order chi connectivity index (χ0) is 13.3. The van der Waals surface area contributed by atoms with Crippen molar-refractivity contribution in [2.75, 3.05) is 17.7 Å². The first-order valence-electron chi connectivity index (χ1n) is 7.50. The molecule has 3 N–H and O–H groups in total. The van der Waals surface area contributed by atoms with Crippen LogP contribution in [0.1, 0.15) is 19.3 Å². The minimum Gasteiger partial charge on any atom is -0.366 e. The number of hydrogen-bond donors (Lipinski definition) is 3. The maximum Gasteiger partial charge on any atom is 0.226 e. The summed E-state index contributed by atoms with van der Waals surface area (Å²) in [5.74, 6) is 5.28. The lowest BCUT2D eigenvalue weighted by atomic mass is 10.0. The third-order valence-electron chi connectivity index (χ3n) is 5.57. The maximum atomic E-state index is 4.58. The molecule has 3 aliphatic rings. The average Bonchev–Trinajstić information content (AvgIpc) is 2.92. The number of anilines is 2. The van der Waals surface area contributed by atoms with Gasteiger partial charge in [0, 0.05) is 13.1 Å². The lowest BCUT2D eigenvalue weighted by Gasteiger charge is -2.12. The van der Waals surface area contributed by atoms with Gasteiger partial charge in [-0.3, -0.25) is 5.10 Å². The summed E-state index contributed by atoms with van der Waals surface area (Å²) in [5.41, 5.74) is 0.792. The predicted octanol–water partition coefficient (Wildman–Crippen LogP) is 1.85. The zero-order valence-electron chi connectivity index (χ0n) is 11.4. The van der Waals surface area contributed by atoms with Gasteiger partial charge in [-0.2, -0.15) is 15.1 Å². The SMILES string of the molecule is CNc1nc(NC2C3C4CCC(C4)C23)c2cn[nH]c2n1. The fraction of sp³-hybridized carbons (Fsp3) is 0.643. The van der Waals surface area contributed by atoms with Crippen molar-refractivity contribution in [3.63, 3.8) is 0 Å². The standard InChI is InChI=1S/C14H18N6/c1-15-14-18-12(8-5-16-20-13(8)19-14)17-11-9-6-2-3-7(4-6)10(9)11/h5-7,9-11H,2-4H2,1H3,(H3,15,16,17,18,19,20). The highest BCUT2D eigenvalue weighted by atomic mass is 15.2. The Kier molecular flexibility index (Phi) is 1.97. The Morgan fingerprint density at radius 2 is 2.00 bits per heavy atom. The van der Waals surface area contributed by atoms with Gasteiger partial charge in [0.2, 0.25) is 5.95 Å². The lowest BCUT2D eigenvalue weighted by molar-refractivity contribution is 0.456. The predicted molar refractivity (Wildman–Crippen MR) is 76.5 cm³/mol. The molecule has 2 aromatic rings. The van der Waals surface area contributed by atoms with Gasteiger partial charge in [-0.05, 0) is 42.9 Å². The number of nitrogens with one attached hydrogen (secondary N) is 3. The summed E-state index contributed by atoms with van der Waals surface area (Å²) in [6.45, 7) is 0. The molecule has 0 spiro atoms. The smallest absolute Gasteiger partial charge is 0.226 e. The molecule has 2 heterocycles. The summed E-state index contributed by atoms with van der Waals surface area (Å²) in [6, 6.07) is 0.624. The molecular formula is C14H18N6. The van der Waals surface area contributed by atoms with Crippen molar-refractivity contribution in [1.29, 1.82) is 0 Å². The van der Waals surface area contributed by atoms with Crippen LogP contribution in [0, 0.1) is 23.7 Å². The molecular weight excluding hydrogens is 252 g/mol. The van der Waals surface area contributed by atoms with Crippen LogP contribution in [0.2, 0.25) is 0 Å². The maximum absolute atomic E-state index is 4.58. The fourth-order valence-electron chi connectivity index (χ4n) is 4.73. The van der Waals surface area contributed by atoms with E-state index in [0.29, 0.717) is 12.0 Å². The van der Waals surface area contributed by atoms with Crippen LogP contribution in [-0.4, -0.2) is 33.3 Å². The van der Waals surface area contributed by atoms with E-state index >= 15 is 0 Å². The second kappa shape index (κ2) is 3.62. The summed E-state index contributed by atoms with van der Waals surface area (Å²) in [4.78, 5) is 8.95. The minimum atomic E-state index is 0.624. The van der Waals surface area contributed by atoms with Crippen molar-refractivity contribution >= 4 is 22.8 Å². The normalized spacial score (nSPS) is 37.1. The Hall–Kier alpha value is -1.85. The number of nitrogens with zero attached hydrogens (tertiary/aromatic N) is 3. The average molecular weight is 270 g/mol. The van der Waals surface area contributed by atoms with Gasteiger partial charge in [0.05, 0.1) is 11.6 Å². The topological polar surface area (TPSA) is 78.5 Å². The molecule has 0 saturated heterocycles. The largest absolute Gasteiger partial charge is 0.366 e. The Balaban J connectivity index is 1.48. The summed E-state index contributed by atoms with van der Waals surface area (Å²) in [7, 11) is 1.84. The van der Waals surface area contributed by atoms with E-state index in [4.69, 9.17) is 0 Å². The van der Waals surface area contributed by atoms with E-state index in [-0.39, 0.29) is 0 Å². The number of hydrogen-bond acceptors (Lipinski definition) is 5. The third-order valence-corrected chi connectivity index (χ3v) is 5.57. The molecule has 0 amide bonds. The van der Waals surface area contributed by atoms with E-state index in [1.807, 2.05) is 13.2 Å². The van der Waals surface area contributed by atoms with Crippen LogP contribution < -0.4 is 10.6 Å². The Bertz CT molecular complexity index is 663. The van der Waals surface area contributed by atoms with E-state index in [0.717, 1.165) is 40.5 Å². The Morgan fingerprint density at radius 3 is 2.75 bits per heavy atom. The number of fused-ring (bicyclic) bond motifs is 6. The molecule has 3 fully saturated rings. The van der Waals surface area contributed by atoms with Crippen LogP contribution in [-0.2, 0) is 0 Å². The van der Waals surface area contributed by atoms with E-state index in [1.54, 1.807) is 0 Å². The van der Waals surface area contributed by atoms with Crippen LogP contribution in [0.3, 0.4) is 0 Å². The van der Waals surface area contributed by atoms with Crippen LogP contribution in [0.25, 0.3) is 11.0 Å². The molecule has 4 unspecified atom stereocenters. The molecule has 20 heavy (non-hydrogen) atoms. The molecule has 6 heteroatoms. The van der Waals surface area contributed by atoms with Crippen LogP contribution in [0.5, 0.6) is 0 Å². The van der Waals surface area contributed by atoms with E-state index in [1.165, 1.54) is 19.3 Å². The van der Waals surface area contributed by atoms with Gasteiger partial charge in [-0.25, -0.2) is 0 Å². The first kappa shape index (κ1) is 10.9. The van der Waals surface area contributed by atoms with Gasteiger partial charge >= 0.3 is 0 Å². The fourth-order valence-corrected chi connectivity index (χ4v) is 4.73. The van der Waals surface area contributed by atoms with Crippen LogP contribution >= 0.6 is 0 Å². The molecule has 3 saturated carbocycles. The van der Waals surface area contributed by atoms with Crippen LogP contribution in [0.15, 0.2) is 6.20 Å². The first-order valence-corrected chi connectivity index (χ1v) is 7.50. The first-order chi connectivity index (χ1) is 9.85. The lowest BCUT2D eigenvalue weighted by Crippen LogP contribution is -2.14. The van der Waals surface area contributed by atoms with Crippen molar-refractivity contribution in [2.24, 2.45) is 23.7 Å². The monoisotopic (exact) mass is 270 g/mol. The highest BCUT2D eigenvalue weighted by Gasteiger charge is 2.65. The molecule has 3 aliphatic carbocycles. The van der Waals surface area contributed by atoms with Gasteiger partial charge in [0.1, 0.15) is 5.82 Å². The molecule has 6 nitrogen and oxygen atoms in total. The van der Waals surface area contributed by atoms with Gasteiger partial charge in [-0.15, -0.1) is 0 Å². The van der Waals surface area contributed by atoms with Gasteiger partial charge in [-0.1, -0.05) is 0 Å². The molecule has 0 radical (unpaired) electrons. The second-order valence-corrected chi connectivity index (χ2v) is 6.44. The second-order valence-electron chi connectivity index (χ2n) is 6.44. The van der Waals surface area contributed by atoms with Crippen molar-refractivity contribution in [3.05, 3.63) is 6.20 Å². The highest BCUT2D eigenvalue weighted by molar-refractivity contribution is 5.87. The zero-order valence-corrected chi connectivity index (χ0v) is 11.4. The number of aromatic nitrogens is 4. The number of rotatable bonds is 3. The molecule has 2 bridgehead atoms. The van der Waals surface area contributed by atoms with Crippen molar-refractivity contribution in [1.82, 2.24) is 20.2 Å². The van der Waals surface area contributed by atoms with Gasteiger partial charge in [0.15, 0.2) is 5.65 Å².